The van der Waals surface area contributed by atoms with Crippen molar-refractivity contribution in [3.05, 3.63) is 35.9 Å². The SMILES string of the molecule is CC(C)C[C@@H](CO)N1CCN(C(=O)c2ccccc2)CCC1=O. The predicted molar refractivity (Wildman–Crippen MR) is 89.0 cm³/mol. The van der Waals surface area contributed by atoms with Crippen LogP contribution >= 0.6 is 0 Å². The van der Waals surface area contributed by atoms with Crippen LogP contribution in [0, 0.1) is 5.92 Å². The Balaban J connectivity index is 2.05. The molecule has 1 N–H and O–H groups in total. The molecule has 5 nitrogen and oxygen atoms in total. The molecule has 2 rings (SSSR count). The van der Waals surface area contributed by atoms with E-state index in [1.807, 2.05) is 18.2 Å². The number of hydrogen-bond acceptors (Lipinski definition) is 3. The minimum absolute atomic E-state index is 0.0214. The molecule has 0 unspecified atom stereocenters. The summed E-state index contributed by atoms with van der Waals surface area (Å²) in [5.41, 5.74) is 0.647. The molecule has 1 aliphatic rings. The van der Waals surface area contributed by atoms with Crippen LogP contribution in [0.25, 0.3) is 0 Å². The molecule has 0 aliphatic carbocycles. The third-order valence-electron chi connectivity index (χ3n) is 4.23. The molecule has 1 heterocycles. The van der Waals surface area contributed by atoms with Crippen molar-refractivity contribution in [2.45, 2.75) is 32.7 Å². The van der Waals surface area contributed by atoms with Gasteiger partial charge in [-0.2, -0.15) is 0 Å². The van der Waals surface area contributed by atoms with Crippen LogP contribution in [0.2, 0.25) is 0 Å². The van der Waals surface area contributed by atoms with Crippen LogP contribution in [0.15, 0.2) is 30.3 Å². The van der Waals surface area contributed by atoms with Crippen molar-refractivity contribution in [3.63, 3.8) is 0 Å². The monoisotopic (exact) mass is 318 g/mol. The first-order valence-electron chi connectivity index (χ1n) is 8.27. The van der Waals surface area contributed by atoms with Crippen LogP contribution in [-0.2, 0) is 4.79 Å². The normalized spacial score (nSPS) is 17.3. The molecule has 23 heavy (non-hydrogen) atoms. The Morgan fingerprint density at radius 2 is 1.87 bits per heavy atom. The van der Waals surface area contributed by atoms with E-state index in [4.69, 9.17) is 0 Å². The van der Waals surface area contributed by atoms with Gasteiger partial charge in [0.2, 0.25) is 5.91 Å². The van der Waals surface area contributed by atoms with E-state index in [0.717, 1.165) is 6.42 Å². The van der Waals surface area contributed by atoms with E-state index in [1.165, 1.54) is 0 Å². The van der Waals surface area contributed by atoms with Crippen molar-refractivity contribution in [3.8, 4) is 0 Å². The van der Waals surface area contributed by atoms with Gasteiger partial charge in [0.25, 0.3) is 5.91 Å². The van der Waals surface area contributed by atoms with Gasteiger partial charge in [0.05, 0.1) is 12.6 Å². The highest BCUT2D eigenvalue weighted by Crippen LogP contribution is 2.16. The van der Waals surface area contributed by atoms with E-state index in [0.29, 0.717) is 37.5 Å². The van der Waals surface area contributed by atoms with Gasteiger partial charge in [0, 0.05) is 31.6 Å². The lowest BCUT2D eigenvalue weighted by atomic mass is 10.0. The van der Waals surface area contributed by atoms with Gasteiger partial charge >= 0.3 is 0 Å². The summed E-state index contributed by atoms with van der Waals surface area (Å²) in [4.78, 5) is 28.4. The number of benzene rings is 1. The van der Waals surface area contributed by atoms with Crippen molar-refractivity contribution in [1.82, 2.24) is 9.80 Å². The van der Waals surface area contributed by atoms with E-state index in [1.54, 1.807) is 21.9 Å². The van der Waals surface area contributed by atoms with Crippen molar-refractivity contribution < 1.29 is 14.7 Å². The highest BCUT2D eigenvalue weighted by Gasteiger charge is 2.29. The summed E-state index contributed by atoms with van der Waals surface area (Å²) >= 11 is 0. The lowest BCUT2D eigenvalue weighted by Crippen LogP contribution is -2.44. The number of aliphatic hydroxyl groups is 1. The lowest BCUT2D eigenvalue weighted by molar-refractivity contribution is -0.133. The number of rotatable bonds is 5. The molecule has 1 aromatic carbocycles. The number of amides is 2. The first-order chi connectivity index (χ1) is 11.0. The van der Waals surface area contributed by atoms with Crippen molar-refractivity contribution in [2.24, 2.45) is 5.92 Å². The zero-order valence-corrected chi connectivity index (χ0v) is 13.9. The molecular weight excluding hydrogens is 292 g/mol. The molecule has 1 fully saturated rings. The molecule has 1 aliphatic heterocycles. The second-order valence-electron chi connectivity index (χ2n) is 6.46. The van der Waals surface area contributed by atoms with E-state index in [2.05, 4.69) is 13.8 Å². The summed E-state index contributed by atoms with van der Waals surface area (Å²) in [6.45, 7) is 5.55. The van der Waals surface area contributed by atoms with Crippen LogP contribution in [0.5, 0.6) is 0 Å². The Morgan fingerprint density at radius 3 is 2.48 bits per heavy atom. The fraction of sp³-hybridized carbons (Fsp3) is 0.556. The predicted octanol–water partition coefficient (Wildman–Crippen LogP) is 1.77. The molecule has 0 saturated carbocycles. The van der Waals surface area contributed by atoms with Crippen molar-refractivity contribution in [1.29, 1.82) is 0 Å². The summed E-state index contributed by atoms with van der Waals surface area (Å²) in [5, 5.41) is 9.62. The molecule has 1 aromatic rings. The smallest absolute Gasteiger partial charge is 0.253 e. The molecule has 5 heteroatoms. The maximum absolute atomic E-state index is 12.5. The molecule has 1 atom stereocenters. The first-order valence-corrected chi connectivity index (χ1v) is 8.27. The highest BCUT2D eigenvalue weighted by molar-refractivity contribution is 5.94. The van der Waals surface area contributed by atoms with E-state index < -0.39 is 0 Å². The van der Waals surface area contributed by atoms with Gasteiger partial charge in [0.15, 0.2) is 0 Å². The quantitative estimate of drug-likeness (QED) is 0.900. The lowest BCUT2D eigenvalue weighted by Gasteiger charge is -2.30. The number of hydrogen-bond donors (Lipinski definition) is 1. The zero-order valence-electron chi connectivity index (χ0n) is 13.9. The topological polar surface area (TPSA) is 60.9 Å². The average Bonchev–Trinajstić information content (AvgIpc) is 2.74. The van der Waals surface area contributed by atoms with Gasteiger partial charge in [-0.25, -0.2) is 0 Å². The summed E-state index contributed by atoms with van der Waals surface area (Å²) in [6, 6.07) is 8.99. The van der Waals surface area contributed by atoms with Crippen LogP contribution in [-0.4, -0.2) is 59.0 Å². The summed E-state index contributed by atoms with van der Waals surface area (Å²) in [6.07, 6.45) is 1.09. The van der Waals surface area contributed by atoms with Gasteiger partial charge in [-0.1, -0.05) is 32.0 Å². The first kappa shape index (κ1) is 17.5. The van der Waals surface area contributed by atoms with Crippen LogP contribution in [0.1, 0.15) is 37.0 Å². The van der Waals surface area contributed by atoms with Crippen LogP contribution in [0.3, 0.4) is 0 Å². The highest BCUT2D eigenvalue weighted by atomic mass is 16.3. The maximum Gasteiger partial charge on any atom is 0.253 e. The largest absolute Gasteiger partial charge is 0.394 e. The molecule has 0 radical (unpaired) electrons. The second kappa shape index (κ2) is 8.11. The van der Waals surface area contributed by atoms with Gasteiger partial charge in [-0.15, -0.1) is 0 Å². The fourth-order valence-electron chi connectivity index (χ4n) is 3.04. The Bertz CT molecular complexity index is 530. The van der Waals surface area contributed by atoms with E-state index >= 15 is 0 Å². The Labute approximate surface area is 137 Å². The Hall–Kier alpha value is -1.88. The Morgan fingerprint density at radius 1 is 1.17 bits per heavy atom. The number of nitrogens with zero attached hydrogens (tertiary/aromatic N) is 2. The van der Waals surface area contributed by atoms with E-state index in [-0.39, 0.29) is 24.5 Å². The number of carbonyl (C=O) groups is 2. The zero-order chi connectivity index (χ0) is 16.8. The van der Waals surface area contributed by atoms with Crippen LogP contribution < -0.4 is 0 Å². The molecule has 0 aromatic heterocycles. The number of carbonyl (C=O) groups excluding carboxylic acids is 2. The molecule has 0 bridgehead atoms. The third kappa shape index (κ3) is 4.55. The minimum atomic E-state index is -0.158. The van der Waals surface area contributed by atoms with Gasteiger partial charge < -0.3 is 14.9 Å². The third-order valence-corrected chi connectivity index (χ3v) is 4.23. The summed E-state index contributed by atoms with van der Waals surface area (Å²) in [7, 11) is 0. The molecule has 1 saturated heterocycles. The average molecular weight is 318 g/mol. The van der Waals surface area contributed by atoms with Gasteiger partial charge in [-0.3, -0.25) is 9.59 Å². The van der Waals surface area contributed by atoms with Crippen molar-refractivity contribution in [2.75, 3.05) is 26.2 Å². The second-order valence-corrected chi connectivity index (χ2v) is 6.46. The van der Waals surface area contributed by atoms with Gasteiger partial charge in [0.1, 0.15) is 0 Å². The Kier molecular flexibility index (Phi) is 6.16. The summed E-state index contributed by atoms with van der Waals surface area (Å²) in [5.74, 6) is 0.392. The van der Waals surface area contributed by atoms with Gasteiger partial charge in [-0.05, 0) is 24.5 Å². The minimum Gasteiger partial charge on any atom is -0.394 e. The van der Waals surface area contributed by atoms with Crippen LogP contribution in [0.4, 0.5) is 0 Å². The standard InChI is InChI=1S/C18H26N2O3/c1-14(2)12-16(13-21)20-11-10-19(9-8-17(20)22)18(23)15-6-4-3-5-7-15/h3-7,14,16,21H,8-13H2,1-2H3/t16-/m0/s1. The van der Waals surface area contributed by atoms with Crippen molar-refractivity contribution >= 4 is 11.8 Å². The maximum atomic E-state index is 12.5. The molecule has 126 valence electrons. The number of aliphatic hydroxyl groups excluding tert-OH is 1. The fourth-order valence-corrected chi connectivity index (χ4v) is 3.04. The van der Waals surface area contributed by atoms with E-state index in [9.17, 15) is 14.7 Å². The molecular formula is C18H26N2O3. The summed E-state index contributed by atoms with van der Waals surface area (Å²) < 4.78 is 0. The molecule has 2 amide bonds. The molecule has 0 spiro atoms.